The van der Waals surface area contributed by atoms with Crippen molar-refractivity contribution in [2.75, 3.05) is 0 Å². The SMILES string of the molecule is Cc1ccc(-c2ccc(O)cc2)cc1.Oc1cccc(-c2ccccc2)c1O. The monoisotopic (exact) mass is 370 g/mol. The Hall–Kier alpha value is -3.72. The molecule has 4 aromatic carbocycles. The summed E-state index contributed by atoms with van der Waals surface area (Å²) in [5.74, 6) is 0.144. The number of phenolic OH excluding ortho intramolecular Hbond substituents is 3. The van der Waals surface area contributed by atoms with Crippen LogP contribution in [0.5, 0.6) is 17.2 Å². The van der Waals surface area contributed by atoms with Gasteiger partial charge < -0.3 is 15.3 Å². The van der Waals surface area contributed by atoms with Crippen molar-refractivity contribution in [2.45, 2.75) is 6.92 Å². The lowest BCUT2D eigenvalue weighted by molar-refractivity contribution is 0.405. The first-order valence-corrected chi connectivity index (χ1v) is 8.97. The van der Waals surface area contributed by atoms with Crippen LogP contribution < -0.4 is 0 Å². The molecule has 0 saturated carbocycles. The van der Waals surface area contributed by atoms with Crippen LogP contribution in [0.2, 0.25) is 0 Å². The minimum Gasteiger partial charge on any atom is -0.508 e. The summed E-state index contributed by atoms with van der Waals surface area (Å²) in [7, 11) is 0. The average molecular weight is 370 g/mol. The lowest BCUT2D eigenvalue weighted by atomic mass is 10.0. The first-order valence-electron chi connectivity index (χ1n) is 8.97. The number of rotatable bonds is 2. The zero-order valence-corrected chi connectivity index (χ0v) is 15.6. The van der Waals surface area contributed by atoms with E-state index >= 15 is 0 Å². The number of hydrogen-bond acceptors (Lipinski definition) is 3. The standard InChI is InChI=1S/C13H12O.C12H10O2/c1-10-2-4-11(5-3-10)12-6-8-13(14)9-7-12;13-11-8-4-7-10(12(11)14)9-5-2-1-3-6-9/h2-9,14H,1H3;1-8,13-14H. The van der Waals surface area contributed by atoms with Crippen LogP contribution in [0, 0.1) is 6.92 Å². The summed E-state index contributed by atoms with van der Waals surface area (Å²) >= 11 is 0. The molecule has 3 N–H and O–H groups in total. The summed E-state index contributed by atoms with van der Waals surface area (Å²) in [5.41, 5.74) is 5.09. The van der Waals surface area contributed by atoms with Gasteiger partial charge in [-0.1, -0.05) is 84.4 Å². The van der Waals surface area contributed by atoms with Gasteiger partial charge in [0.25, 0.3) is 0 Å². The number of benzene rings is 4. The zero-order chi connectivity index (χ0) is 19.9. The molecule has 0 amide bonds. The molecule has 0 radical (unpaired) electrons. The van der Waals surface area contributed by atoms with Crippen LogP contribution in [0.1, 0.15) is 5.56 Å². The molecule has 0 aromatic heterocycles. The fourth-order valence-electron chi connectivity index (χ4n) is 2.78. The fraction of sp³-hybridized carbons (Fsp3) is 0.0400. The molecular weight excluding hydrogens is 348 g/mol. The van der Waals surface area contributed by atoms with Crippen LogP contribution in [-0.2, 0) is 0 Å². The van der Waals surface area contributed by atoms with E-state index in [1.54, 1.807) is 24.3 Å². The van der Waals surface area contributed by atoms with Crippen molar-refractivity contribution >= 4 is 0 Å². The van der Waals surface area contributed by atoms with E-state index in [1.807, 2.05) is 42.5 Å². The van der Waals surface area contributed by atoms with Gasteiger partial charge in [-0.15, -0.1) is 0 Å². The van der Waals surface area contributed by atoms with Crippen LogP contribution in [0.4, 0.5) is 0 Å². The van der Waals surface area contributed by atoms with E-state index in [1.165, 1.54) is 17.2 Å². The molecule has 0 heterocycles. The van der Waals surface area contributed by atoms with E-state index < -0.39 is 0 Å². The Morgan fingerprint density at radius 1 is 0.500 bits per heavy atom. The predicted octanol–water partition coefficient (Wildman–Crippen LogP) is 6.13. The van der Waals surface area contributed by atoms with Gasteiger partial charge >= 0.3 is 0 Å². The molecule has 0 atom stereocenters. The topological polar surface area (TPSA) is 60.7 Å². The number of hydrogen-bond donors (Lipinski definition) is 3. The van der Waals surface area contributed by atoms with Gasteiger partial charge in [-0.2, -0.15) is 0 Å². The highest BCUT2D eigenvalue weighted by Crippen LogP contribution is 2.35. The van der Waals surface area contributed by atoms with Crippen LogP contribution in [0.25, 0.3) is 22.3 Å². The molecule has 4 rings (SSSR count). The first kappa shape index (κ1) is 19.1. The maximum Gasteiger partial charge on any atom is 0.165 e. The summed E-state index contributed by atoms with van der Waals surface area (Å²) in [6.07, 6.45) is 0. The minimum atomic E-state index is -0.0913. The zero-order valence-electron chi connectivity index (χ0n) is 15.6. The Balaban J connectivity index is 0.000000161. The Labute approximate surface area is 164 Å². The second-order valence-electron chi connectivity index (χ2n) is 6.45. The van der Waals surface area contributed by atoms with Crippen LogP contribution in [0.15, 0.2) is 97.1 Å². The number of para-hydroxylation sites is 1. The summed E-state index contributed by atoms with van der Waals surface area (Å²) in [5, 5.41) is 28.1. The van der Waals surface area contributed by atoms with E-state index in [0.717, 1.165) is 11.1 Å². The van der Waals surface area contributed by atoms with Crippen molar-refractivity contribution < 1.29 is 15.3 Å². The van der Waals surface area contributed by atoms with Gasteiger partial charge in [0.05, 0.1) is 0 Å². The third kappa shape index (κ3) is 4.71. The van der Waals surface area contributed by atoms with Gasteiger partial charge in [-0.3, -0.25) is 0 Å². The van der Waals surface area contributed by atoms with Gasteiger partial charge in [0, 0.05) is 5.56 Å². The first-order chi connectivity index (χ1) is 13.5. The van der Waals surface area contributed by atoms with Crippen molar-refractivity contribution in [2.24, 2.45) is 0 Å². The van der Waals surface area contributed by atoms with Crippen molar-refractivity contribution in [1.82, 2.24) is 0 Å². The molecule has 4 aromatic rings. The van der Waals surface area contributed by atoms with Gasteiger partial charge in [0.15, 0.2) is 11.5 Å². The smallest absolute Gasteiger partial charge is 0.165 e. The molecule has 0 aliphatic heterocycles. The predicted molar refractivity (Wildman–Crippen MR) is 113 cm³/mol. The molecule has 3 heteroatoms. The summed E-state index contributed by atoms with van der Waals surface area (Å²) in [6.45, 7) is 2.07. The van der Waals surface area contributed by atoms with Crippen molar-refractivity contribution in [3.63, 3.8) is 0 Å². The average Bonchev–Trinajstić information content (AvgIpc) is 2.72. The fourth-order valence-corrected chi connectivity index (χ4v) is 2.78. The van der Waals surface area contributed by atoms with Crippen molar-refractivity contribution in [3.8, 4) is 39.5 Å². The molecule has 140 valence electrons. The van der Waals surface area contributed by atoms with E-state index in [4.69, 9.17) is 5.11 Å². The van der Waals surface area contributed by atoms with E-state index in [0.29, 0.717) is 11.3 Å². The molecule has 0 fully saturated rings. The molecule has 0 aliphatic rings. The third-order valence-corrected chi connectivity index (χ3v) is 4.35. The summed E-state index contributed by atoms with van der Waals surface area (Å²) < 4.78 is 0. The number of aryl methyl sites for hydroxylation is 1. The van der Waals surface area contributed by atoms with Gasteiger partial charge in [-0.25, -0.2) is 0 Å². The third-order valence-electron chi connectivity index (χ3n) is 4.35. The maximum atomic E-state index is 9.60. The summed E-state index contributed by atoms with van der Waals surface area (Å²) in [6, 6.07) is 30.0. The molecule has 3 nitrogen and oxygen atoms in total. The highest BCUT2D eigenvalue weighted by molar-refractivity contribution is 5.72. The van der Waals surface area contributed by atoms with Gasteiger partial charge in [0.2, 0.25) is 0 Å². The van der Waals surface area contributed by atoms with Gasteiger partial charge in [0.1, 0.15) is 5.75 Å². The molecule has 0 aliphatic carbocycles. The van der Waals surface area contributed by atoms with Crippen LogP contribution >= 0.6 is 0 Å². The molecule has 28 heavy (non-hydrogen) atoms. The van der Waals surface area contributed by atoms with E-state index in [2.05, 4.69) is 31.2 Å². The Kier molecular flexibility index (Phi) is 5.97. The largest absolute Gasteiger partial charge is 0.508 e. The number of aromatic hydroxyl groups is 3. The Morgan fingerprint density at radius 3 is 1.68 bits per heavy atom. The molecule has 0 saturated heterocycles. The van der Waals surface area contributed by atoms with Crippen molar-refractivity contribution in [1.29, 1.82) is 0 Å². The normalized spacial score (nSPS) is 10.0. The van der Waals surface area contributed by atoms with Gasteiger partial charge in [-0.05, 0) is 41.8 Å². The second kappa shape index (κ2) is 8.78. The lowest BCUT2D eigenvalue weighted by Crippen LogP contribution is -1.78. The quantitative estimate of drug-likeness (QED) is 0.372. The second-order valence-corrected chi connectivity index (χ2v) is 6.45. The molecule has 0 spiro atoms. The highest BCUT2D eigenvalue weighted by atomic mass is 16.3. The van der Waals surface area contributed by atoms with E-state index in [9.17, 15) is 10.2 Å². The molecule has 0 bridgehead atoms. The maximum absolute atomic E-state index is 9.60. The van der Waals surface area contributed by atoms with Crippen molar-refractivity contribution in [3.05, 3.63) is 103 Å². The minimum absolute atomic E-state index is 0.0706. The number of phenols is 3. The lowest BCUT2D eigenvalue weighted by Gasteiger charge is -2.05. The summed E-state index contributed by atoms with van der Waals surface area (Å²) in [4.78, 5) is 0. The van der Waals surface area contributed by atoms with Crippen LogP contribution in [-0.4, -0.2) is 15.3 Å². The highest BCUT2D eigenvalue weighted by Gasteiger charge is 2.06. The Bertz CT molecular complexity index is 978. The Morgan fingerprint density at radius 2 is 1.07 bits per heavy atom. The van der Waals surface area contributed by atoms with E-state index in [-0.39, 0.29) is 11.5 Å². The molecular formula is C25H22O3. The van der Waals surface area contributed by atoms with Crippen LogP contribution in [0.3, 0.4) is 0 Å². The molecule has 0 unspecified atom stereocenters.